The minimum atomic E-state index is 0. The minimum Gasteiger partial charge on any atom is -0.316 e. The van der Waals surface area contributed by atoms with Crippen LogP contribution >= 0.6 is 24.8 Å². The van der Waals surface area contributed by atoms with Crippen molar-refractivity contribution in [1.29, 1.82) is 0 Å². The number of H-pyrrole nitrogens is 1. The van der Waals surface area contributed by atoms with Gasteiger partial charge in [-0.2, -0.15) is 0 Å². The summed E-state index contributed by atoms with van der Waals surface area (Å²) in [6.45, 7) is 2.09. The van der Waals surface area contributed by atoms with Crippen molar-refractivity contribution in [3.8, 4) is 0 Å². The molecule has 0 spiro atoms. The van der Waals surface area contributed by atoms with Crippen LogP contribution in [-0.4, -0.2) is 22.9 Å². The van der Waals surface area contributed by atoms with Crippen LogP contribution in [0.3, 0.4) is 0 Å². The van der Waals surface area contributed by atoms with Crippen LogP contribution in [-0.2, 0) is 7.05 Å². The van der Waals surface area contributed by atoms with Gasteiger partial charge in [-0.1, -0.05) is 0 Å². The molecule has 2 N–H and O–H groups in total. The molecular formula is C9H17Cl2N3O. The molecule has 15 heavy (non-hydrogen) atoms. The van der Waals surface area contributed by atoms with Crippen molar-refractivity contribution in [3.05, 3.63) is 22.1 Å². The van der Waals surface area contributed by atoms with Crippen LogP contribution in [0.2, 0.25) is 0 Å². The second-order valence-corrected chi connectivity index (χ2v) is 3.65. The van der Waals surface area contributed by atoms with Gasteiger partial charge in [0.2, 0.25) is 0 Å². The summed E-state index contributed by atoms with van der Waals surface area (Å²) >= 11 is 0. The first kappa shape index (κ1) is 14.6. The van der Waals surface area contributed by atoms with E-state index < -0.39 is 0 Å². The molecule has 0 aromatic carbocycles. The lowest BCUT2D eigenvalue weighted by molar-refractivity contribution is 0.451. The van der Waals surface area contributed by atoms with Gasteiger partial charge >= 0.3 is 0 Å². The zero-order valence-electron chi connectivity index (χ0n) is 8.66. The van der Waals surface area contributed by atoms with Gasteiger partial charge in [0.15, 0.2) is 0 Å². The third-order valence-corrected chi connectivity index (χ3v) is 2.64. The van der Waals surface area contributed by atoms with E-state index >= 15 is 0 Å². The fourth-order valence-electron chi connectivity index (χ4n) is 1.84. The van der Waals surface area contributed by atoms with E-state index in [0.29, 0.717) is 5.92 Å². The molecule has 6 heteroatoms. The van der Waals surface area contributed by atoms with Crippen molar-refractivity contribution in [2.24, 2.45) is 7.05 Å². The fraction of sp³-hybridized carbons (Fsp3) is 0.667. The molecule has 0 bridgehead atoms. The molecule has 0 aliphatic carbocycles. The highest BCUT2D eigenvalue weighted by molar-refractivity contribution is 5.85. The predicted molar refractivity (Wildman–Crippen MR) is 65.4 cm³/mol. The van der Waals surface area contributed by atoms with Gasteiger partial charge in [-0.3, -0.25) is 14.6 Å². The van der Waals surface area contributed by atoms with Gasteiger partial charge < -0.3 is 5.32 Å². The molecule has 1 aliphatic heterocycles. The highest BCUT2D eigenvalue weighted by atomic mass is 35.5. The van der Waals surface area contributed by atoms with Crippen LogP contribution in [0.25, 0.3) is 0 Å². The summed E-state index contributed by atoms with van der Waals surface area (Å²) in [6, 6.07) is 1.71. The molecule has 0 radical (unpaired) electrons. The second-order valence-electron chi connectivity index (χ2n) is 3.65. The number of hydrogen-bond acceptors (Lipinski definition) is 2. The first-order valence-electron chi connectivity index (χ1n) is 4.74. The van der Waals surface area contributed by atoms with Gasteiger partial charge in [-0.15, -0.1) is 24.8 Å². The number of nitrogens with one attached hydrogen (secondary N) is 2. The number of hydrogen-bond donors (Lipinski definition) is 2. The van der Waals surface area contributed by atoms with Gasteiger partial charge in [0.1, 0.15) is 0 Å². The monoisotopic (exact) mass is 253 g/mol. The maximum Gasteiger partial charge on any atom is 0.266 e. The van der Waals surface area contributed by atoms with Crippen LogP contribution in [0.1, 0.15) is 24.5 Å². The van der Waals surface area contributed by atoms with Crippen molar-refractivity contribution < 1.29 is 0 Å². The SMILES string of the molecule is Cl.Cl.Cn1[nH]c(C2CCCNC2)cc1=O. The van der Waals surface area contributed by atoms with Crippen molar-refractivity contribution in [2.45, 2.75) is 18.8 Å². The number of rotatable bonds is 1. The first-order chi connectivity index (χ1) is 6.27. The normalized spacial score (nSPS) is 20.2. The Labute approximate surface area is 101 Å². The highest BCUT2D eigenvalue weighted by Crippen LogP contribution is 2.19. The Hall–Kier alpha value is -0.450. The van der Waals surface area contributed by atoms with Gasteiger partial charge in [-0.05, 0) is 19.4 Å². The first-order valence-corrected chi connectivity index (χ1v) is 4.74. The molecule has 1 aromatic rings. The Morgan fingerprint density at radius 2 is 2.20 bits per heavy atom. The Morgan fingerprint density at radius 1 is 1.47 bits per heavy atom. The summed E-state index contributed by atoms with van der Waals surface area (Å²) in [5.41, 5.74) is 1.13. The van der Waals surface area contributed by atoms with Gasteiger partial charge in [0.25, 0.3) is 5.56 Å². The average molecular weight is 254 g/mol. The number of halogens is 2. The van der Waals surface area contributed by atoms with E-state index in [0.717, 1.165) is 18.8 Å². The Balaban J connectivity index is 0.000000980. The van der Waals surface area contributed by atoms with E-state index in [4.69, 9.17) is 0 Å². The molecule has 1 saturated heterocycles. The molecule has 1 atom stereocenters. The number of piperidine rings is 1. The lowest BCUT2D eigenvalue weighted by atomic mass is 9.96. The van der Waals surface area contributed by atoms with E-state index in [1.165, 1.54) is 17.5 Å². The molecule has 88 valence electrons. The third kappa shape index (κ3) is 3.26. The summed E-state index contributed by atoms with van der Waals surface area (Å²) in [7, 11) is 1.75. The minimum absolute atomic E-state index is 0. The largest absolute Gasteiger partial charge is 0.316 e. The highest BCUT2D eigenvalue weighted by Gasteiger charge is 2.16. The van der Waals surface area contributed by atoms with E-state index in [-0.39, 0.29) is 30.4 Å². The average Bonchev–Trinajstić information content (AvgIpc) is 2.49. The maximum atomic E-state index is 11.2. The molecule has 1 unspecified atom stereocenters. The van der Waals surface area contributed by atoms with E-state index in [2.05, 4.69) is 10.4 Å². The third-order valence-electron chi connectivity index (χ3n) is 2.64. The second kappa shape index (κ2) is 6.20. The molecule has 1 aromatic heterocycles. The standard InChI is InChI=1S/C9H15N3O.2ClH/c1-12-9(13)5-8(11-12)7-3-2-4-10-6-7;;/h5,7,10-11H,2-4,6H2,1H3;2*1H. The van der Waals surface area contributed by atoms with E-state index in [9.17, 15) is 4.79 Å². The number of aromatic amines is 1. The molecule has 2 heterocycles. The van der Waals surface area contributed by atoms with Gasteiger partial charge in [-0.25, -0.2) is 0 Å². The quantitative estimate of drug-likeness (QED) is 0.786. The summed E-state index contributed by atoms with van der Waals surface area (Å²) < 4.78 is 1.53. The van der Waals surface area contributed by atoms with Crippen molar-refractivity contribution in [3.63, 3.8) is 0 Å². The number of nitrogens with zero attached hydrogens (tertiary/aromatic N) is 1. The Kier molecular flexibility index (Phi) is 6.02. The summed E-state index contributed by atoms with van der Waals surface area (Å²) in [5, 5.41) is 6.41. The van der Waals surface area contributed by atoms with Crippen LogP contribution in [0.5, 0.6) is 0 Å². The van der Waals surface area contributed by atoms with Crippen molar-refractivity contribution in [1.82, 2.24) is 15.1 Å². The summed E-state index contributed by atoms with van der Waals surface area (Å²) in [5.74, 6) is 0.489. The Bertz CT molecular complexity index is 341. The predicted octanol–water partition coefficient (Wildman–Crippen LogP) is 1.02. The molecule has 2 rings (SSSR count). The van der Waals surface area contributed by atoms with Crippen LogP contribution in [0, 0.1) is 0 Å². The van der Waals surface area contributed by atoms with Crippen LogP contribution in [0.4, 0.5) is 0 Å². The fourth-order valence-corrected chi connectivity index (χ4v) is 1.84. The lowest BCUT2D eigenvalue weighted by Crippen LogP contribution is -2.28. The molecular weight excluding hydrogens is 237 g/mol. The van der Waals surface area contributed by atoms with Crippen LogP contribution < -0.4 is 10.9 Å². The Morgan fingerprint density at radius 3 is 2.67 bits per heavy atom. The number of aryl methyl sites for hydroxylation is 1. The van der Waals surface area contributed by atoms with Crippen LogP contribution in [0.15, 0.2) is 10.9 Å². The smallest absolute Gasteiger partial charge is 0.266 e. The van der Waals surface area contributed by atoms with Crippen molar-refractivity contribution in [2.75, 3.05) is 13.1 Å². The van der Waals surface area contributed by atoms with Gasteiger partial charge in [0.05, 0.1) is 0 Å². The molecule has 1 aliphatic rings. The topological polar surface area (TPSA) is 49.8 Å². The summed E-state index contributed by atoms with van der Waals surface area (Å²) in [4.78, 5) is 11.2. The van der Waals surface area contributed by atoms with Crippen molar-refractivity contribution >= 4 is 24.8 Å². The molecule has 0 saturated carbocycles. The molecule has 0 amide bonds. The maximum absolute atomic E-state index is 11.2. The summed E-state index contributed by atoms with van der Waals surface area (Å²) in [6.07, 6.45) is 2.37. The van der Waals surface area contributed by atoms with E-state index in [1.807, 2.05) is 0 Å². The van der Waals surface area contributed by atoms with E-state index in [1.54, 1.807) is 13.1 Å². The zero-order valence-corrected chi connectivity index (χ0v) is 10.3. The molecule has 1 fully saturated rings. The number of aromatic nitrogens is 2. The molecule has 4 nitrogen and oxygen atoms in total. The van der Waals surface area contributed by atoms with Gasteiger partial charge in [0, 0.05) is 31.3 Å². The lowest BCUT2D eigenvalue weighted by Gasteiger charge is -2.21. The zero-order chi connectivity index (χ0) is 9.26.